The van der Waals surface area contributed by atoms with Gasteiger partial charge >= 0.3 is 0 Å². The lowest BCUT2D eigenvalue weighted by atomic mass is 10.2. The van der Waals surface area contributed by atoms with Gasteiger partial charge in [-0.25, -0.2) is 0 Å². The van der Waals surface area contributed by atoms with Crippen LogP contribution in [0, 0.1) is 0 Å². The molecule has 1 saturated heterocycles. The van der Waals surface area contributed by atoms with E-state index in [2.05, 4.69) is 10.6 Å². The van der Waals surface area contributed by atoms with Gasteiger partial charge in [0.1, 0.15) is 0 Å². The molecule has 2 unspecified atom stereocenters. The zero-order valence-corrected chi connectivity index (χ0v) is 10.2. The topological polar surface area (TPSA) is 61.4 Å². The normalized spacial score (nSPS) is 21.7. The summed E-state index contributed by atoms with van der Waals surface area (Å²) < 4.78 is 0. The summed E-state index contributed by atoms with van der Waals surface area (Å²) in [7, 11) is 0. The molecule has 1 rings (SSSR count). The fourth-order valence-corrected chi connectivity index (χ4v) is 1.96. The van der Waals surface area contributed by atoms with Crippen molar-refractivity contribution in [3.8, 4) is 0 Å². The van der Waals surface area contributed by atoms with Crippen molar-refractivity contribution in [3.63, 3.8) is 0 Å². The Kier molecular flexibility index (Phi) is 4.73. The highest BCUT2D eigenvalue weighted by atomic mass is 16.2. The van der Waals surface area contributed by atoms with Gasteiger partial charge in [-0.15, -0.1) is 0 Å². The van der Waals surface area contributed by atoms with Crippen molar-refractivity contribution in [1.29, 1.82) is 0 Å². The quantitative estimate of drug-likeness (QED) is 0.679. The van der Waals surface area contributed by atoms with Crippen LogP contribution in [0.1, 0.15) is 27.2 Å². The van der Waals surface area contributed by atoms with Crippen molar-refractivity contribution in [2.45, 2.75) is 39.3 Å². The Balaban J connectivity index is 2.42. The van der Waals surface area contributed by atoms with E-state index in [0.29, 0.717) is 13.0 Å². The molecule has 0 radical (unpaired) electrons. The Hall–Kier alpha value is -1.10. The molecule has 0 bridgehead atoms. The molecule has 0 spiro atoms. The predicted molar refractivity (Wildman–Crippen MR) is 61.9 cm³/mol. The van der Waals surface area contributed by atoms with Crippen LogP contribution in [0.4, 0.5) is 0 Å². The fraction of sp³-hybridized carbons (Fsp3) is 0.818. The Labute approximate surface area is 96.6 Å². The minimum atomic E-state index is -0.224. The van der Waals surface area contributed by atoms with E-state index in [0.717, 1.165) is 13.1 Å². The summed E-state index contributed by atoms with van der Waals surface area (Å²) >= 11 is 0. The van der Waals surface area contributed by atoms with Crippen LogP contribution in [-0.4, -0.2) is 48.4 Å². The molecule has 1 aliphatic heterocycles. The van der Waals surface area contributed by atoms with Crippen molar-refractivity contribution in [3.05, 3.63) is 0 Å². The summed E-state index contributed by atoms with van der Waals surface area (Å²) in [4.78, 5) is 24.7. The average Bonchev–Trinajstić information content (AvgIpc) is 2.65. The number of amides is 2. The molecule has 92 valence electrons. The standard InChI is InChI=1S/C11H21N3O2/c1-4-14(5-2)11(16)8(3)13-9-6-10(15)12-7-9/h8-9,13H,4-7H2,1-3H3,(H,12,15). The lowest BCUT2D eigenvalue weighted by Gasteiger charge is -2.25. The largest absolute Gasteiger partial charge is 0.354 e. The third-order valence-electron chi connectivity index (χ3n) is 2.91. The van der Waals surface area contributed by atoms with Gasteiger partial charge < -0.3 is 15.5 Å². The summed E-state index contributed by atoms with van der Waals surface area (Å²) in [6.45, 7) is 7.86. The number of hydrogen-bond acceptors (Lipinski definition) is 3. The molecule has 0 aromatic carbocycles. The first kappa shape index (κ1) is 13.0. The number of nitrogens with one attached hydrogen (secondary N) is 2. The van der Waals surface area contributed by atoms with Gasteiger partial charge in [-0.1, -0.05) is 0 Å². The van der Waals surface area contributed by atoms with E-state index in [1.54, 1.807) is 4.90 Å². The van der Waals surface area contributed by atoms with Gasteiger partial charge in [-0.05, 0) is 20.8 Å². The number of carbonyl (C=O) groups is 2. The van der Waals surface area contributed by atoms with Gasteiger partial charge in [-0.3, -0.25) is 9.59 Å². The van der Waals surface area contributed by atoms with Crippen molar-refractivity contribution in [2.24, 2.45) is 0 Å². The molecule has 1 aliphatic rings. The van der Waals surface area contributed by atoms with Crippen LogP contribution in [0.15, 0.2) is 0 Å². The van der Waals surface area contributed by atoms with Crippen LogP contribution in [0.3, 0.4) is 0 Å². The Bertz CT molecular complexity index is 264. The lowest BCUT2D eigenvalue weighted by Crippen LogP contribution is -2.48. The second-order valence-electron chi connectivity index (χ2n) is 4.10. The van der Waals surface area contributed by atoms with E-state index >= 15 is 0 Å². The van der Waals surface area contributed by atoms with Gasteiger partial charge in [0.15, 0.2) is 0 Å². The van der Waals surface area contributed by atoms with Crippen molar-refractivity contribution >= 4 is 11.8 Å². The van der Waals surface area contributed by atoms with Crippen molar-refractivity contribution in [1.82, 2.24) is 15.5 Å². The summed E-state index contributed by atoms with van der Waals surface area (Å²) in [5, 5.41) is 5.93. The van der Waals surface area contributed by atoms with Crippen LogP contribution < -0.4 is 10.6 Å². The monoisotopic (exact) mass is 227 g/mol. The molecule has 2 N–H and O–H groups in total. The first-order valence-electron chi connectivity index (χ1n) is 5.90. The molecule has 0 saturated carbocycles. The summed E-state index contributed by atoms with van der Waals surface area (Å²) in [5.74, 6) is 0.157. The smallest absolute Gasteiger partial charge is 0.239 e. The van der Waals surface area contributed by atoms with E-state index in [1.807, 2.05) is 20.8 Å². The number of rotatable bonds is 5. The van der Waals surface area contributed by atoms with Gasteiger partial charge in [0, 0.05) is 32.1 Å². The second-order valence-corrected chi connectivity index (χ2v) is 4.10. The Morgan fingerprint density at radius 1 is 1.56 bits per heavy atom. The van der Waals surface area contributed by atoms with Crippen LogP contribution in [0.2, 0.25) is 0 Å². The van der Waals surface area contributed by atoms with E-state index < -0.39 is 0 Å². The highest BCUT2D eigenvalue weighted by molar-refractivity contribution is 5.82. The van der Waals surface area contributed by atoms with Crippen molar-refractivity contribution in [2.75, 3.05) is 19.6 Å². The maximum absolute atomic E-state index is 11.9. The minimum Gasteiger partial charge on any atom is -0.354 e. The molecule has 0 aromatic heterocycles. The molecule has 5 nitrogen and oxygen atoms in total. The molecule has 2 amide bonds. The van der Waals surface area contributed by atoms with Crippen LogP contribution >= 0.6 is 0 Å². The van der Waals surface area contributed by atoms with Crippen LogP contribution in [0.5, 0.6) is 0 Å². The first-order valence-corrected chi connectivity index (χ1v) is 5.90. The van der Waals surface area contributed by atoms with Gasteiger partial charge in [0.05, 0.1) is 6.04 Å². The molecule has 2 atom stereocenters. The predicted octanol–water partition coefficient (Wildman–Crippen LogP) is -0.279. The zero-order valence-electron chi connectivity index (χ0n) is 10.2. The molecule has 0 aromatic rings. The second kappa shape index (κ2) is 5.84. The summed E-state index contributed by atoms with van der Waals surface area (Å²) in [6, 6.07) is -0.139. The number of nitrogens with zero attached hydrogens (tertiary/aromatic N) is 1. The van der Waals surface area contributed by atoms with Crippen LogP contribution in [-0.2, 0) is 9.59 Å². The minimum absolute atomic E-state index is 0.0555. The van der Waals surface area contributed by atoms with E-state index in [-0.39, 0.29) is 23.9 Å². The zero-order chi connectivity index (χ0) is 12.1. The first-order chi connectivity index (χ1) is 7.58. The molecule has 1 fully saturated rings. The maximum Gasteiger partial charge on any atom is 0.239 e. The summed E-state index contributed by atoms with van der Waals surface area (Å²) in [5.41, 5.74) is 0. The van der Waals surface area contributed by atoms with Crippen molar-refractivity contribution < 1.29 is 9.59 Å². The Morgan fingerprint density at radius 3 is 2.62 bits per heavy atom. The number of hydrogen-bond donors (Lipinski definition) is 2. The van der Waals surface area contributed by atoms with Gasteiger partial charge in [0.25, 0.3) is 0 Å². The van der Waals surface area contributed by atoms with E-state index in [9.17, 15) is 9.59 Å². The fourth-order valence-electron chi connectivity index (χ4n) is 1.96. The molecule has 0 aliphatic carbocycles. The number of carbonyl (C=O) groups excluding carboxylic acids is 2. The molecular weight excluding hydrogens is 206 g/mol. The van der Waals surface area contributed by atoms with Gasteiger partial charge in [0.2, 0.25) is 11.8 Å². The van der Waals surface area contributed by atoms with Crippen LogP contribution in [0.25, 0.3) is 0 Å². The lowest BCUT2D eigenvalue weighted by molar-refractivity contribution is -0.133. The number of likely N-dealkylation sites (N-methyl/N-ethyl adjacent to an activating group) is 1. The van der Waals surface area contributed by atoms with E-state index in [4.69, 9.17) is 0 Å². The molecule has 1 heterocycles. The third kappa shape index (κ3) is 3.20. The van der Waals surface area contributed by atoms with E-state index in [1.165, 1.54) is 0 Å². The molecule has 16 heavy (non-hydrogen) atoms. The Morgan fingerprint density at radius 2 is 2.19 bits per heavy atom. The molecular formula is C11H21N3O2. The SMILES string of the molecule is CCN(CC)C(=O)C(C)NC1CNC(=O)C1. The average molecular weight is 227 g/mol. The van der Waals surface area contributed by atoms with Gasteiger partial charge in [-0.2, -0.15) is 0 Å². The highest BCUT2D eigenvalue weighted by Gasteiger charge is 2.26. The summed E-state index contributed by atoms with van der Waals surface area (Å²) in [6.07, 6.45) is 0.468. The third-order valence-corrected chi connectivity index (χ3v) is 2.91. The molecule has 5 heteroatoms. The maximum atomic E-state index is 11.9. The highest BCUT2D eigenvalue weighted by Crippen LogP contribution is 2.02.